The lowest BCUT2D eigenvalue weighted by Crippen LogP contribution is -2.47. The molecule has 0 radical (unpaired) electrons. The molecule has 190 valence electrons. The fourth-order valence-electron chi connectivity index (χ4n) is 5.49. The second kappa shape index (κ2) is 9.55. The highest BCUT2D eigenvalue weighted by atomic mass is 16.6. The number of benzene rings is 4. The number of alkyl carbamates (subject to hydrolysis) is 1. The van der Waals surface area contributed by atoms with Crippen molar-refractivity contribution in [3.63, 3.8) is 0 Å². The Morgan fingerprint density at radius 3 is 1.81 bits per heavy atom. The third-order valence-corrected chi connectivity index (χ3v) is 7.02. The number of rotatable bonds is 4. The van der Waals surface area contributed by atoms with E-state index in [9.17, 15) is 9.59 Å². The van der Waals surface area contributed by atoms with E-state index in [-0.39, 0.29) is 19.1 Å². The molecule has 37 heavy (non-hydrogen) atoms. The minimum absolute atomic E-state index is 0.110. The van der Waals surface area contributed by atoms with Gasteiger partial charge in [0.15, 0.2) is 0 Å². The Kier molecular flexibility index (Phi) is 6.40. The van der Waals surface area contributed by atoms with Gasteiger partial charge in [0.1, 0.15) is 5.60 Å². The second-order valence-electron chi connectivity index (χ2n) is 10.9. The zero-order valence-corrected chi connectivity index (χ0v) is 21.9. The highest BCUT2D eigenvalue weighted by Crippen LogP contribution is 2.46. The number of fused-ring (bicyclic) bond motifs is 7. The van der Waals surface area contributed by atoms with Crippen LogP contribution in [0.4, 0.5) is 4.79 Å². The van der Waals surface area contributed by atoms with E-state index in [1.165, 1.54) is 0 Å². The summed E-state index contributed by atoms with van der Waals surface area (Å²) in [5.41, 5.74) is 2.79. The van der Waals surface area contributed by atoms with Gasteiger partial charge in [-0.1, -0.05) is 72.8 Å². The molecule has 1 N–H and O–H groups in total. The fourth-order valence-corrected chi connectivity index (χ4v) is 5.49. The van der Waals surface area contributed by atoms with Gasteiger partial charge in [0.05, 0.1) is 12.0 Å². The number of esters is 1. The van der Waals surface area contributed by atoms with Crippen LogP contribution in [0.2, 0.25) is 0 Å². The maximum atomic E-state index is 13.7. The van der Waals surface area contributed by atoms with Gasteiger partial charge in [-0.3, -0.25) is 4.79 Å². The molecule has 1 amide bonds. The number of hydrogen-bond acceptors (Lipinski definition) is 4. The van der Waals surface area contributed by atoms with E-state index in [0.29, 0.717) is 12.8 Å². The predicted octanol–water partition coefficient (Wildman–Crippen LogP) is 6.83. The summed E-state index contributed by atoms with van der Waals surface area (Å²) in [5.74, 6) is -0.314. The van der Waals surface area contributed by atoms with E-state index >= 15 is 0 Å². The molecule has 0 aliphatic heterocycles. The molecular weight excluding hydrogens is 462 g/mol. The molecule has 4 aromatic rings. The molecule has 0 saturated carbocycles. The van der Waals surface area contributed by atoms with E-state index in [4.69, 9.17) is 9.47 Å². The molecule has 1 aliphatic rings. The van der Waals surface area contributed by atoms with Crippen LogP contribution in [0, 0.1) is 5.41 Å². The summed E-state index contributed by atoms with van der Waals surface area (Å²) < 4.78 is 11.1. The van der Waals surface area contributed by atoms with Crippen LogP contribution in [0.1, 0.15) is 38.8 Å². The summed E-state index contributed by atoms with van der Waals surface area (Å²) in [6.45, 7) is 7.65. The number of carbonyl (C=O) groups excluding carboxylic acids is 2. The average molecular weight is 496 g/mol. The summed E-state index contributed by atoms with van der Waals surface area (Å²) >= 11 is 0. The first kappa shape index (κ1) is 24.8. The fraction of sp³-hybridized carbons (Fsp3) is 0.312. The predicted molar refractivity (Wildman–Crippen MR) is 148 cm³/mol. The van der Waals surface area contributed by atoms with E-state index in [2.05, 4.69) is 66.0 Å². The molecule has 0 spiro atoms. The standard InChI is InChI=1S/C32H33NO4/c1-5-36-29(34)32(20-33-30(35)37-31(2,3)4)18-23-16-14-21-10-6-8-12-25(21)27(23)28-24(19-32)17-15-22-11-7-9-13-26(22)28/h6-17H,5,18-20H2,1-4H3,(H,33,35). The summed E-state index contributed by atoms with van der Waals surface area (Å²) in [5, 5.41) is 7.49. The Balaban J connectivity index is 1.73. The first-order chi connectivity index (χ1) is 17.7. The van der Waals surface area contributed by atoms with E-state index in [0.717, 1.165) is 43.8 Å². The molecule has 0 bridgehead atoms. The Morgan fingerprint density at radius 2 is 1.32 bits per heavy atom. The zero-order chi connectivity index (χ0) is 26.2. The molecule has 0 unspecified atom stereocenters. The van der Waals surface area contributed by atoms with Crippen LogP contribution in [-0.4, -0.2) is 30.8 Å². The van der Waals surface area contributed by atoms with Crippen LogP contribution in [0.5, 0.6) is 0 Å². The van der Waals surface area contributed by atoms with Crippen molar-refractivity contribution in [3.05, 3.63) is 83.9 Å². The molecule has 0 heterocycles. The van der Waals surface area contributed by atoms with Gasteiger partial charge in [-0.05, 0) is 84.3 Å². The van der Waals surface area contributed by atoms with E-state index < -0.39 is 17.1 Å². The van der Waals surface area contributed by atoms with Crippen molar-refractivity contribution in [2.75, 3.05) is 13.2 Å². The zero-order valence-electron chi connectivity index (χ0n) is 21.9. The Bertz CT molecular complexity index is 1410. The highest BCUT2D eigenvalue weighted by Gasteiger charge is 2.44. The maximum absolute atomic E-state index is 13.7. The lowest BCUT2D eigenvalue weighted by molar-refractivity contribution is -0.155. The largest absolute Gasteiger partial charge is 0.465 e. The average Bonchev–Trinajstić information content (AvgIpc) is 3.02. The van der Waals surface area contributed by atoms with Gasteiger partial charge in [-0.25, -0.2) is 4.79 Å². The minimum atomic E-state index is -0.988. The molecule has 0 aromatic heterocycles. The van der Waals surface area contributed by atoms with Gasteiger partial charge in [0.2, 0.25) is 0 Å². The molecule has 0 saturated heterocycles. The van der Waals surface area contributed by atoms with Crippen LogP contribution < -0.4 is 5.32 Å². The topological polar surface area (TPSA) is 64.6 Å². The molecule has 0 atom stereocenters. The van der Waals surface area contributed by atoms with Crippen molar-refractivity contribution in [1.82, 2.24) is 5.32 Å². The number of nitrogens with one attached hydrogen (secondary N) is 1. The Labute approximate surface area is 217 Å². The van der Waals surface area contributed by atoms with Crippen molar-refractivity contribution in [1.29, 1.82) is 0 Å². The first-order valence-corrected chi connectivity index (χ1v) is 12.9. The SMILES string of the molecule is CCOC(=O)C1(CNC(=O)OC(C)(C)C)Cc2ccc3ccccc3c2-c2c(ccc3ccccc23)C1. The highest BCUT2D eigenvalue weighted by molar-refractivity contribution is 6.08. The van der Waals surface area contributed by atoms with Crippen LogP contribution in [-0.2, 0) is 27.1 Å². The number of hydrogen-bond donors (Lipinski definition) is 1. The van der Waals surface area contributed by atoms with Crippen molar-refractivity contribution in [2.24, 2.45) is 5.41 Å². The molecule has 0 fully saturated rings. The van der Waals surface area contributed by atoms with Crippen molar-refractivity contribution >= 4 is 33.6 Å². The minimum Gasteiger partial charge on any atom is -0.465 e. The lowest BCUT2D eigenvalue weighted by atomic mass is 9.77. The van der Waals surface area contributed by atoms with Gasteiger partial charge in [0.25, 0.3) is 0 Å². The van der Waals surface area contributed by atoms with Crippen molar-refractivity contribution < 1.29 is 19.1 Å². The van der Waals surface area contributed by atoms with Crippen molar-refractivity contribution in [2.45, 2.75) is 46.1 Å². The monoisotopic (exact) mass is 495 g/mol. The third kappa shape index (κ3) is 4.78. The van der Waals surface area contributed by atoms with Gasteiger partial charge in [0, 0.05) is 6.54 Å². The summed E-state index contributed by atoms with van der Waals surface area (Å²) in [6.07, 6.45) is 0.327. The maximum Gasteiger partial charge on any atom is 0.407 e. The quantitative estimate of drug-likeness (QED) is 0.315. The smallest absolute Gasteiger partial charge is 0.407 e. The van der Waals surface area contributed by atoms with Crippen LogP contribution in [0.25, 0.3) is 32.7 Å². The normalized spacial score (nSPS) is 14.4. The number of amides is 1. The molecule has 5 nitrogen and oxygen atoms in total. The summed E-state index contributed by atoms with van der Waals surface area (Å²) in [4.78, 5) is 26.4. The first-order valence-electron chi connectivity index (χ1n) is 12.9. The summed E-state index contributed by atoms with van der Waals surface area (Å²) in [7, 11) is 0. The van der Waals surface area contributed by atoms with Crippen LogP contribution in [0.15, 0.2) is 72.8 Å². The van der Waals surface area contributed by atoms with Crippen LogP contribution in [0.3, 0.4) is 0 Å². The molecule has 5 heteroatoms. The Hall–Kier alpha value is -3.86. The lowest BCUT2D eigenvalue weighted by Gasteiger charge is -2.31. The van der Waals surface area contributed by atoms with Gasteiger partial charge >= 0.3 is 12.1 Å². The number of carbonyl (C=O) groups is 2. The van der Waals surface area contributed by atoms with E-state index in [1.54, 1.807) is 0 Å². The molecule has 4 aromatic carbocycles. The van der Waals surface area contributed by atoms with E-state index in [1.807, 2.05) is 39.8 Å². The van der Waals surface area contributed by atoms with Gasteiger partial charge in [-0.15, -0.1) is 0 Å². The molecule has 5 rings (SSSR count). The molecular formula is C32H33NO4. The number of ether oxygens (including phenoxy) is 2. The Morgan fingerprint density at radius 1 is 0.811 bits per heavy atom. The second-order valence-corrected chi connectivity index (χ2v) is 10.9. The third-order valence-electron chi connectivity index (χ3n) is 7.02. The van der Waals surface area contributed by atoms with Crippen LogP contribution >= 0.6 is 0 Å². The van der Waals surface area contributed by atoms with Gasteiger partial charge in [-0.2, -0.15) is 0 Å². The van der Waals surface area contributed by atoms with Crippen molar-refractivity contribution in [3.8, 4) is 11.1 Å². The molecule has 1 aliphatic carbocycles. The van der Waals surface area contributed by atoms with Gasteiger partial charge < -0.3 is 14.8 Å². The summed E-state index contributed by atoms with van der Waals surface area (Å²) in [6, 6.07) is 25.2.